The average Bonchev–Trinajstić information content (AvgIpc) is 3.35. The summed E-state index contributed by atoms with van der Waals surface area (Å²) in [4.78, 5) is 52.4. The van der Waals surface area contributed by atoms with Crippen LogP contribution < -0.4 is 16.6 Å². The number of benzene rings is 1. The Kier molecular flexibility index (Phi) is 13.3. The summed E-state index contributed by atoms with van der Waals surface area (Å²) in [6.07, 6.45) is 4.11. The number of carbonyl (C=O) groups is 3. The molecule has 0 saturated carbocycles. The first kappa shape index (κ1) is 37.0. The van der Waals surface area contributed by atoms with Crippen LogP contribution >= 0.6 is 11.6 Å². The number of primary amides is 1. The predicted molar refractivity (Wildman–Crippen MR) is 158 cm³/mol. The second-order valence-corrected chi connectivity index (χ2v) is 12.1. The van der Waals surface area contributed by atoms with Crippen molar-refractivity contribution in [3.05, 3.63) is 45.2 Å². The number of nitrogens with one attached hydrogen (secondary N) is 2. The van der Waals surface area contributed by atoms with Crippen LogP contribution in [0.5, 0.6) is 0 Å². The van der Waals surface area contributed by atoms with Crippen LogP contribution in [0, 0.1) is 41.4 Å². The maximum absolute atomic E-state index is 13.2. The monoisotopic (exact) mass is 623 g/mol. The topological polar surface area (TPSA) is 149 Å². The number of nitriles is 1. The van der Waals surface area contributed by atoms with Gasteiger partial charge in [-0.3, -0.25) is 19.2 Å². The SMILES string of the molecule is C#C.CC(C)[C@@H]1C[C@@H](C(=O)NC(C#N)Cc2cc3ccc(Cl)cc3[nH]c2=O)N(C(=O)CC(C)(C)C)C1.NC(=O)C(F)(F)F. The number of fused-ring (bicyclic) bond motifs is 1. The van der Waals surface area contributed by atoms with Gasteiger partial charge in [-0.25, -0.2) is 0 Å². The van der Waals surface area contributed by atoms with Crippen LogP contribution in [0.15, 0.2) is 29.1 Å². The number of aromatic amines is 1. The Morgan fingerprint density at radius 2 is 1.79 bits per heavy atom. The van der Waals surface area contributed by atoms with Crippen LogP contribution in [0.2, 0.25) is 5.02 Å². The number of hydrogen-bond acceptors (Lipinski definition) is 5. The van der Waals surface area contributed by atoms with Gasteiger partial charge < -0.3 is 20.9 Å². The number of nitrogens with two attached hydrogens (primary N) is 1. The van der Waals surface area contributed by atoms with Gasteiger partial charge in [-0.15, -0.1) is 12.8 Å². The van der Waals surface area contributed by atoms with Crippen LogP contribution in [-0.4, -0.2) is 52.4 Å². The third kappa shape index (κ3) is 11.3. The molecule has 1 aromatic heterocycles. The van der Waals surface area contributed by atoms with Crippen molar-refractivity contribution in [3.63, 3.8) is 0 Å². The molecule has 2 aromatic rings. The molecule has 1 aromatic carbocycles. The van der Waals surface area contributed by atoms with Crippen LogP contribution in [0.3, 0.4) is 0 Å². The number of pyridine rings is 1. The van der Waals surface area contributed by atoms with E-state index in [1.165, 1.54) is 0 Å². The number of H-pyrrole nitrogens is 1. The van der Waals surface area contributed by atoms with Crippen LogP contribution in [-0.2, 0) is 20.8 Å². The number of aromatic nitrogens is 1. The summed E-state index contributed by atoms with van der Waals surface area (Å²) in [5.41, 5.74) is 4.29. The number of carbonyl (C=O) groups excluding carboxylic acids is 3. The highest BCUT2D eigenvalue weighted by atomic mass is 35.5. The molecule has 3 rings (SSSR count). The van der Waals surface area contributed by atoms with Gasteiger partial charge >= 0.3 is 12.1 Å². The van der Waals surface area contributed by atoms with E-state index in [4.69, 9.17) is 16.4 Å². The molecule has 13 heteroatoms. The minimum absolute atomic E-state index is 0.0473. The van der Waals surface area contributed by atoms with Gasteiger partial charge in [0.05, 0.1) is 6.07 Å². The van der Waals surface area contributed by atoms with Crippen molar-refractivity contribution >= 4 is 40.2 Å². The van der Waals surface area contributed by atoms with E-state index in [1.807, 2.05) is 20.8 Å². The normalized spacial score (nSPS) is 17.1. The molecule has 4 N–H and O–H groups in total. The molecule has 0 bridgehead atoms. The van der Waals surface area contributed by atoms with Crippen LogP contribution in [0.25, 0.3) is 10.9 Å². The van der Waals surface area contributed by atoms with E-state index in [-0.39, 0.29) is 35.1 Å². The fourth-order valence-electron chi connectivity index (χ4n) is 4.42. The molecule has 9 nitrogen and oxygen atoms in total. The number of terminal acetylenes is 1. The molecule has 0 radical (unpaired) electrons. The third-order valence-electron chi connectivity index (χ3n) is 6.64. The van der Waals surface area contributed by atoms with Crippen molar-refractivity contribution in [2.75, 3.05) is 6.54 Å². The molecule has 1 saturated heterocycles. The van der Waals surface area contributed by atoms with E-state index in [2.05, 4.69) is 48.8 Å². The number of likely N-dealkylation sites (tertiary alicyclic amines) is 1. The van der Waals surface area contributed by atoms with Crippen LogP contribution in [0.1, 0.15) is 53.0 Å². The summed E-state index contributed by atoms with van der Waals surface area (Å²) >= 11 is 6.00. The molecule has 0 spiro atoms. The number of amides is 3. The Labute approximate surface area is 253 Å². The number of hydrogen-bond donors (Lipinski definition) is 3. The third-order valence-corrected chi connectivity index (χ3v) is 6.88. The predicted octanol–water partition coefficient (Wildman–Crippen LogP) is 4.33. The minimum Gasteiger partial charge on any atom is -0.362 e. The average molecular weight is 624 g/mol. The standard InChI is InChI=1S/C26H33ClN4O3.C2H2F3NO.C2H2/c1-15(2)18-10-22(31(14-18)23(32)12-26(3,4)5)25(34)29-20(13-28)9-17-8-16-6-7-19(27)11-21(16)30-24(17)33;3-2(4,5)1(6)7;1-2/h6-8,11,15,18,20,22H,9-10,12,14H2,1-5H3,(H,29,34)(H,30,33);(H2,6,7);1-2H/t18-,20?,22+;;/m1../s1. The Morgan fingerprint density at radius 1 is 1.21 bits per heavy atom. The Bertz CT molecular complexity index is 1420. The largest absolute Gasteiger partial charge is 0.470 e. The lowest BCUT2D eigenvalue weighted by atomic mass is 9.91. The van der Waals surface area contributed by atoms with E-state index in [9.17, 15) is 32.8 Å². The molecule has 3 amide bonds. The number of alkyl halides is 3. The summed E-state index contributed by atoms with van der Waals surface area (Å²) in [6.45, 7) is 10.7. The summed E-state index contributed by atoms with van der Waals surface area (Å²) in [6, 6.07) is 7.49. The smallest absolute Gasteiger partial charge is 0.362 e. The molecule has 0 aliphatic carbocycles. The fourth-order valence-corrected chi connectivity index (χ4v) is 4.59. The first-order valence-electron chi connectivity index (χ1n) is 13.3. The van der Waals surface area contributed by atoms with Crippen molar-refractivity contribution in [3.8, 4) is 18.9 Å². The van der Waals surface area contributed by atoms with E-state index in [1.54, 1.807) is 29.2 Å². The van der Waals surface area contributed by atoms with Gasteiger partial charge in [0.15, 0.2) is 0 Å². The zero-order chi connectivity index (χ0) is 33.3. The highest BCUT2D eigenvalue weighted by molar-refractivity contribution is 6.31. The van der Waals surface area contributed by atoms with Crippen LogP contribution in [0.4, 0.5) is 13.2 Å². The van der Waals surface area contributed by atoms with E-state index < -0.39 is 24.2 Å². The number of rotatable bonds is 6. The molecule has 43 heavy (non-hydrogen) atoms. The lowest BCUT2D eigenvalue weighted by molar-refractivity contribution is -0.169. The Balaban J connectivity index is 0.000000901. The maximum atomic E-state index is 13.2. The molecule has 1 unspecified atom stereocenters. The second-order valence-electron chi connectivity index (χ2n) is 11.7. The van der Waals surface area contributed by atoms with Gasteiger partial charge in [-0.1, -0.05) is 52.3 Å². The maximum Gasteiger partial charge on any atom is 0.470 e. The first-order valence-corrected chi connectivity index (χ1v) is 13.7. The first-order chi connectivity index (χ1) is 19.8. The molecule has 1 aliphatic rings. The fraction of sp³-hybridized carbons (Fsp3) is 0.500. The summed E-state index contributed by atoms with van der Waals surface area (Å²) in [5, 5.41) is 13.8. The summed E-state index contributed by atoms with van der Waals surface area (Å²) in [5.74, 6) is -2.10. The lowest BCUT2D eigenvalue weighted by Gasteiger charge is -2.28. The van der Waals surface area contributed by atoms with Crippen molar-refractivity contribution < 1.29 is 27.6 Å². The van der Waals surface area contributed by atoms with Crippen molar-refractivity contribution in [2.24, 2.45) is 23.0 Å². The van der Waals surface area contributed by atoms with Gasteiger partial charge in [0.25, 0.3) is 5.56 Å². The van der Waals surface area contributed by atoms with Gasteiger partial charge in [-0.05, 0) is 47.3 Å². The van der Waals surface area contributed by atoms with Crippen molar-refractivity contribution in [1.29, 1.82) is 5.26 Å². The number of nitrogens with zero attached hydrogens (tertiary/aromatic N) is 2. The zero-order valence-corrected chi connectivity index (χ0v) is 25.5. The highest BCUT2D eigenvalue weighted by Crippen LogP contribution is 2.32. The van der Waals surface area contributed by atoms with E-state index in [0.29, 0.717) is 41.4 Å². The van der Waals surface area contributed by atoms with E-state index in [0.717, 1.165) is 5.39 Å². The molecule has 1 aliphatic heterocycles. The van der Waals surface area contributed by atoms with Gasteiger partial charge in [0.2, 0.25) is 11.8 Å². The zero-order valence-electron chi connectivity index (χ0n) is 24.7. The Morgan fingerprint density at radius 3 is 2.28 bits per heavy atom. The molecule has 2 heterocycles. The molecular formula is C30H37ClF3N5O4. The molecular weight excluding hydrogens is 587 g/mol. The quantitative estimate of drug-likeness (QED) is 0.410. The van der Waals surface area contributed by atoms with Gasteiger partial charge in [0, 0.05) is 35.5 Å². The van der Waals surface area contributed by atoms with E-state index >= 15 is 0 Å². The van der Waals surface area contributed by atoms with Crippen molar-refractivity contribution in [1.82, 2.24) is 15.2 Å². The minimum atomic E-state index is -4.86. The molecule has 1 fully saturated rings. The Hall–Kier alpha value is -4.03. The molecule has 3 atom stereocenters. The second kappa shape index (κ2) is 15.4. The van der Waals surface area contributed by atoms with Gasteiger partial charge in [-0.2, -0.15) is 18.4 Å². The summed E-state index contributed by atoms with van der Waals surface area (Å²) in [7, 11) is 0. The summed E-state index contributed by atoms with van der Waals surface area (Å²) < 4.78 is 32.1. The lowest BCUT2D eigenvalue weighted by Crippen LogP contribution is -2.49. The van der Waals surface area contributed by atoms with Gasteiger partial charge in [0.1, 0.15) is 12.1 Å². The van der Waals surface area contributed by atoms with Crippen molar-refractivity contribution in [2.45, 2.75) is 72.1 Å². The highest BCUT2D eigenvalue weighted by Gasteiger charge is 2.41. The molecule has 234 valence electrons. The number of halogens is 4.